The third-order valence-electron chi connectivity index (χ3n) is 4.30. The number of nitrogens with zero attached hydrogens (tertiary/aromatic N) is 1. The van der Waals surface area contributed by atoms with Gasteiger partial charge in [-0.05, 0) is 32.9 Å². The van der Waals surface area contributed by atoms with E-state index in [9.17, 15) is 14.4 Å². The molecule has 0 aliphatic carbocycles. The van der Waals surface area contributed by atoms with E-state index in [1.165, 1.54) is 11.8 Å². The van der Waals surface area contributed by atoms with Crippen LogP contribution in [0.15, 0.2) is 33.9 Å². The Morgan fingerprint density at radius 1 is 0.966 bits per heavy atom. The molecule has 3 N–H and O–H groups in total. The Morgan fingerprint density at radius 2 is 1.59 bits per heavy atom. The number of aromatic nitrogens is 1. The van der Waals surface area contributed by atoms with E-state index in [1.807, 2.05) is 38.1 Å². The van der Waals surface area contributed by atoms with Crippen molar-refractivity contribution in [2.75, 3.05) is 25.4 Å². The van der Waals surface area contributed by atoms with Crippen LogP contribution in [0.4, 0.5) is 0 Å². The molecule has 2 rings (SSSR count). The van der Waals surface area contributed by atoms with Gasteiger partial charge in [0.25, 0.3) is 5.22 Å². The predicted octanol–water partition coefficient (Wildman–Crippen LogP) is 1.95. The Kier molecular flexibility index (Phi) is 8.98. The van der Waals surface area contributed by atoms with Crippen molar-refractivity contribution in [3.05, 3.63) is 24.3 Å². The quantitative estimate of drug-likeness (QED) is 0.479. The number of fused-ring (bicyclic) bond motifs is 1. The van der Waals surface area contributed by atoms with Gasteiger partial charge in [-0.3, -0.25) is 14.4 Å². The van der Waals surface area contributed by atoms with Gasteiger partial charge in [0.1, 0.15) is 5.52 Å². The second kappa shape index (κ2) is 11.5. The zero-order valence-electron chi connectivity index (χ0n) is 17.0. The zero-order valence-corrected chi connectivity index (χ0v) is 17.8. The molecule has 0 aliphatic heterocycles. The number of hydrogen-bond acceptors (Lipinski definition) is 6. The van der Waals surface area contributed by atoms with Gasteiger partial charge in [0, 0.05) is 31.8 Å². The highest BCUT2D eigenvalue weighted by Gasteiger charge is 2.35. The molecule has 1 aromatic carbocycles. The minimum atomic E-state index is -0.787. The number of carbonyl (C=O) groups excluding carboxylic acids is 3. The van der Waals surface area contributed by atoms with Crippen LogP contribution < -0.4 is 16.0 Å². The maximum absolute atomic E-state index is 12.7. The van der Waals surface area contributed by atoms with E-state index in [1.54, 1.807) is 6.92 Å². The maximum Gasteiger partial charge on any atom is 0.256 e. The molecule has 0 bridgehead atoms. The third-order valence-corrected chi connectivity index (χ3v) is 5.25. The van der Waals surface area contributed by atoms with Crippen LogP contribution in [0.5, 0.6) is 0 Å². The van der Waals surface area contributed by atoms with Crippen LogP contribution in [0, 0.1) is 11.8 Å². The highest BCUT2D eigenvalue weighted by Crippen LogP contribution is 2.28. The molecule has 2 atom stereocenters. The van der Waals surface area contributed by atoms with Crippen LogP contribution in [0.3, 0.4) is 0 Å². The Bertz CT molecular complexity index is 806. The number of oxazole rings is 1. The highest BCUT2D eigenvalue weighted by molar-refractivity contribution is 7.99. The summed E-state index contributed by atoms with van der Waals surface area (Å²) in [7, 11) is 0. The summed E-state index contributed by atoms with van der Waals surface area (Å²) in [4.78, 5) is 42.0. The van der Waals surface area contributed by atoms with Gasteiger partial charge in [0.05, 0.1) is 11.8 Å². The van der Waals surface area contributed by atoms with Gasteiger partial charge in [-0.1, -0.05) is 23.9 Å². The number of para-hydroxylation sites is 2. The van der Waals surface area contributed by atoms with Crippen molar-refractivity contribution in [3.8, 4) is 0 Å². The minimum Gasteiger partial charge on any atom is -0.431 e. The lowest BCUT2D eigenvalue weighted by atomic mass is 9.88. The molecule has 9 heteroatoms. The summed E-state index contributed by atoms with van der Waals surface area (Å²) in [6.45, 7) is 6.74. The van der Waals surface area contributed by atoms with Gasteiger partial charge in [-0.15, -0.1) is 0 Å². The summed E-state index contributed by atoms with van der Waals surface area (Å²) in [5.41, 5.74) is 1.39. The minimum absolute atomic E-state index is 0.0599. The summed E-state index contributed by atoms with van der Waals surface area (Å²) >= 11 is 1.26. The van der Waals surface area contributed by atoms with E-state index in [0.717, 1.165) is 5.52 Å². The smallest absolute Gasteiger partial charge is 0.256 e. The molecule has 0 fully saturated rings. The lowest BCUT2D eigenvalue weighted by Crippen LogP contribution is -2.45. The molecule has 3 amide bonds. The van der Waals surface area contributed by atoms with Crippen molar-refractivity contribution < 1.29 is 18.8 Å². The molecule has 29 heavy (non-hydrogen) atoms. The molecule has 0 aliphatic rings. The number of nitrogens with one attached hydrogen (secondary N) is 3. The fraction of sp³-hybridized carbons (Fsp3) is 0.500. The molecule has 1 aromatic heterocycles. The number of rotatable bonds is 11. The number of carbonyl (C=O) groups is 3. The van der Waals surface area contributed by atoms with Gasteiger partial charge in [-0.25, -0.2) is 4.98 Å². The Balaban J connectivity index is 2.22. The first-order valence-electron chi connectivity index (χ1n) is 9.80. The number of thioether (sulfide) groups is 1. The Labute approximate surface area is 174 Å². The van der Waals surface area contributed by atoms with E-state index in [4.69, 9.17) is 4.42 Å². The van der Waals surface area contributed by atoms with Crippen LogP contribution in [0.2, 0.25) is 0 Å². The van der Waals surface area contributed by atoms with Crippen LogP contribution in [-0.2, 0) is 14.4 Å². The monoisotopic (exact) mass is 420 g/mol. The molecule has 158 valence electrons. The Morgan fingerprint density at radius 3 is 2.21 bits per heavy atom. The number of benzene rings is 1. The molecule has 0 saturated heterocycles. The standard InChI is InChI=1S/C20H28N4O4S/c1-4-21-17(25)11-13(18(26)22-5-2)14(19(27)23-6-3)12-29-20-24-15-9-7-8-10-16(15)28-20/h7-10,13-14H,4-6,11-12H2,1-3H3,(H,21,25)(H,22,26)(H,23,27). The normalized spacial score (nSPS) is 12.9. The van der Waals surface area contributed by atoms with Crippen molar-refractivity contribution in [2.24, 2.45) is 11.8 Å². The second-order valence-corrected chi connectivity index (χ2v) is 7.39. The van der Waals surface area contributed by atoms with E-state index >= 15 is 0 Å². The molecule has 8 nitrogen and oxygen atoms in total. The molecule has 0 saturated carbocycles. The first kappa shape index (κ1) is 22.7. The van der Waals surface area contributed by atoms with E-state index < -0.39 is 11.8 Å². The van der Waals surface area contributed by atoms with Crippen LogP contribution in [-0.4, -0.2) is 48.1 Å². The Hall–Kier alpha value is -2.55. The summed E-state index contributed by atoms with van der Waals surface area (Å²) < 4.78 is 5.71. The number of amides is 3. The SMILES string of the molecule is CCNC(=O)CC(C(=O)NCC)C(CSc1nc2ccccc2o1)C(=O)NCC. The van der Waals surface area contributed by atoms with Gasteiger partial charge < -0.3 is 20.4 Å². The van der Waals surface area contributed by atoms with Gasteiger partial charge in [0.15, 0.2) is 5.58 Å². The molecule has 2 aromatic rings. The third kappa shape index (κ3) is 6.49. The predicted molar refractivity (Wildman–Crippen MR) is 112 cm³/mol. The van der Waals surface area contributed by atoms with Crippen molar-refractivity contribution >= 4 is 40.6 Å². The highest BCUT2D eigenvalue weighted by atomic mass is 32.2. The van der Waals surface area contributed by atoms with Crippen molar-refractivity contribution in [2.45, 2.75) is 32.4 Å². The average Bonchev–Trinajstić information content (AvgIpc) is 3.10. The van der Waals surface area contributed by atoms with Crippen molar-refractivity contribution in [1.82, 2.24) is 20.9 Å². The molecule has 2 unspecified atom stereocenters. The molecular formula is C20H28N4O4S. The summed E-state index contributed by atoms with van der Waals surface area (Å²) in [5.74, 6) is -2.07. The first-order chi connectivity index (χ1) is 14.0. The van der Waals surface area contributed by atoms with Crippen LogP contribution >= 0.6 is 11.8 Å². The summed E-state index contributed by atoms with van der Waals surface area (Å²) in [6, 6.07) is 7.39. The van der Waals surface area contributed by atoms with Gasteiger partial charge >= 0.3 is 0 Å². The average molecular weight is 421 g/mol. The molecule has 0 radical (unpaired) electrons. The number of hydrogen-bond donors (Lipinski definition) is 3. The molecular weight excluding hydrogens is 392 g/mol. The topological polar surface area (TPSA) is 113 Å². The summed E-state index contributed by atoms with van der Waals surface area (Å²) in [6.07, 6.45) is -0.0599. The summed E-state index contributed by atoms with van der Waals surface area (Å²) in [5, 5.41) is 8.65. The van der Waals surface area contributed by atoms with Crippen molar-refractivity contribution in [3.63, 3.8) is 0 Å². The van der Waals surface area contributed by atoms with E-state index in [2.05, 4.69) is 20.9 Å². The second-order valence-electron chi connectivity index (χ2n) is 6.42. The van der Waals surface area contributed by atoms with Crippen LogP contribution in [0.25, 0.3) is 11.1 Å². The van der Waals surface area contributed by atoms with E-state index in [-0.39, 0.29) is 29.9 Å². The lowest BCUT2D eigenvalue weighted by Gasteiger charge is -2.24. The van der Waals surface area contributed by atoms with Gasteiger partial charge in [-0.2, -0.15) is 0 Å². The van der Waals surface area contributed by atoms with Crippen molar-refractivity contribution in [1.29, 1.82) is 0 Å². The zero-order chi connectivity index (χ0) is 21.2. The largest absolute Gasteiger partial charge is 0.431 e. The molecule has 0 spiro atoms. The fourth-order valence-corrected chi connectivity index (χ4v) is 3.96. The molecule has 1 heterocycles. The van der Waals surface area contributed by atoms with Gasteiger partial charge in [0.2, 0.25) is 17.7 Å². The lowest BCUT2D eigenvalue weighted by molar-refractivity contribution is -0.136. The van der Waals surface area contributed by atoms with Crippen LogP contribution in [0.1, 0.15) is 27.2 Å². The fourth-order valence-electron chi connectivity index (χ4n) is 2.95. The maximum atomic E-state index is 12.7. The van der Waals surface area contributed by atoms with E-state index in [0.29, 0.717) is 30.4 Å². The first-order valence-corrected chi connectivity index (χ1v) is 10.8.